The fourth-order valence-corrected chi connectivity index (χ4v) is 0.0577. The van der Waals surface area contributed by atoms with Crippen LogP contribution in [0, 0.1) is 0 Å². The quantitative estimate of drug-likeness (QED) is 0.266. The van der Waals surface area contributed by atoms with Gasteiger partial charge >= 0.3 is 0 Å². The van der Waals surface area contributed by atoms with Crippen molar-refractivity contribution in [1.82, 2.24) is 0 Å². The second-order valence-electron chi connectivity index (χ2n) is 1.42. The second-order valence-corrected chi connectivity index (χ2v) is 1.89. The summed E-state index contributed by atoms with van der Waals surface area (Å²) in [7, 11) is 0. The van der Waals surface area contributed by atoms with Crippen molar-refractivity contribution in [2.24, 2.45) is 11.5 Å². The van der Waals surface area contributed by atoms with Gasteiger partial charge in [0.15, 0.2) is 5.11 Å². The maximum Gasteiger partial charge on any atom is 0.160 e. The van der Waals surface area contributed by atoms with Crippen molar-refractivity contribution in [3.63, 3.8) is 0 Å². The summed E-state index contributed by atoms with van der Waals surface area (Å²) in [6.45, 7) is 5.27. The third-order valence-electron chi connectivity index (χ3n) is 0.421. The number of hydrogen-bond acceptors (Lipinski definition) is 4. The van der Waals surface area contributed by atoms with E-state index < -0.39 is 6.10 Å². The Bertz CT molecular complexity index is 94.8. The van der Waals surface area contributed by atoms with Gasteiger partial charge in [0.1, 0.15) is 6.10 Å². The van der Waals surface area contributed by atoms with E-state index in [2.05, 4.69) is 36.8 Å². The van der Waals surface area contributed by atoms with Crippen molar-refractivity contribution < 1.29 is 15.3 Å². The molecule has 0 aliphatic rings. The summed E-state index contributed by atoms with van der Waals surface area (Å²) in [5, 5.41) is 24.0. The molecule has 5 nitrogen and oxygen atoms in total. The first kappa shape index (κ1) is 17.4. The Hall–Kier alpha value is -0.690. The predicted octanol–water partition coefficient (Wildman–Crippen LogP) is -1.68. The van der Waals surface area contributed by atoms with E-state index in [0.29, 0.717) is 0 Å². The molecule has 0 aliphatic heterocycles. The van der Waals surface area contributed by atoms with E-state index in [4.69, 9.17) is 15.3 Å². The van der Waals surface area contributed by atoms with Crippen LogP contribution in [0.4, 0.5) is 0 Å². The van der Waals surface area contributed by atoms with Crippen molar-refractivity contribution in [1.29, 1.82) is 0 Å². The lowest BCUT2D eigenvalue weighted by Crippen LogP contribution is -2.18. The molecule has 0 aromatic heterocycles. The van der Waals surface area contributed by atoms with Crippen LogP contribution in [0.25, 0.3) is 0 Å². The summed E-state index contributed by atoms with van der Waals surface area (Å²) >= 11 is 4.09. The average Bonchev–Trinajstić information content (AvgIpc) is 2.06. The zero-order valence-electron chi connectivity index (χ0n) is 6.81. The van der Waals surface area contributed by atoms with Gasteiger partial charge in [0.2, 0.25) is 0 Å². The highest BCUT2D eigenvalue weighted by Crippen LogP contribution is 1.71. The molecule has 0 spiro atoms. The van der Waals surface area contributed by atoms with Crippen molar-refractivity contribution >= 4 is 17.3 Å². The number of rotatable bonds is 2. The number of nitrogens with two attached hydrogens (primary N) is 2. The van der Waals surface area contributed by atoms with Crippen LogP contribution in [-0.2, 0) is 0 Å². The molecule has 0 atom stereocenters. The van der Waals surface area contributed by atoms with Gasteiger partial charge in [0.25, 0.3) is 0 Å². The van der Waals surface area contributed by atoms with Gasteiger partial charge in [-0.15, -0.1) is 13.2 Å². The summed E-state index contributed by atoms with van der Waals surface area (Å²) < 4.78 is 0. The van der Waals surface area contributed by atoms with Gasteiger partial charge in [0.05, 0.1) is 13.2 Å². The normalized spacial score (nSPS) is 7.33. The fourth-order valence-electron chi connectivity index (χ4n) is 0.0577. The van der Waals surface area contributed by atoms with Crippen molar-refractivity contribution in [2.45, 2.75) is 6.10 Å². The topological polar surface area (TPSA) is 113 Å². The lowest BCUT2D eigenvalue weighted by molar-refractivity contribution is 0.0450. The number of aliphatic hydroxyl groups is 3. The van der Waals surface area contributed by atoms with E-state index in [-0.39, 0.29) is 18.3 Å². The molecule has 74 valence electrons. The summed E-state index contributed by atoms with van der Waals surface area (Å²) in [5.41, 5.74) is 9.24. The predicted molar refractivity (Wildman–Crippen MR) is 52.4 cm³/mol. The molecular weight excluding hydrogens is 180 g/mol. The molecule has 0 saturated heterocycles. The molecule has 0 fully saturated rings. The number of hydrogen-bond donors (Lipinski definition) is 5. The van der Waals surface area contributed by atoms with E-state index >= 15 is 0 Å². The van der Waals surface area contributed by atoms with Crippen LogP contribution in [0.1, 0.15) is 0 Å². The molecule has 7 N–H and O–H groups in total. The Kier molecular flexibility index (Phi) is 24.3. The molecule has 0 aliphatic carbocycles. The molecule has 0 saturated carbocycles. The van der Waals surface area contributed by atoms with E-state index in [0.717, 1.165) is 0 Å². The van der Waals surface area contributed by atoms with Gasteiger partial charge < -0.3 is 26.8 Å². The van der Waals surface area contributed by atoms with Crippen LogP contribution >= 0.6 is 12.2 Å². The highest BCUT2D eigenvalue weighted by Gasteiger charge is 1.93. The van der Waals surface area contributed by atoms with E-state index in [1.165, 1.54) is 0 Å². The summed E-state index contributed by atoms with van der Waals surface area (Å²) in [5.74, 6) is 0. The molecule has 6 heteroatoms. The van der Waals surface area contributed by atoms with Crippen LogP contribution in [0.3, 0.4) is 0 Å². The third-order valence-corrected chi connectivity index (χ3v) is 0.421. The fraction of sp³-hybridized carbons (Fsp3) is 0.500. The van der Waals surface area contributed by atoms with Crippen LogP contribution in [0.2, 0.25) is 0 Å². The van der Waals surface area contributed by atoms with Crippen LogP contribution in [-0.4, -0.2) is 39.7 Å². The molecule has 0 bridgehead atoms. The maximum atomic E-state index is 8.17. The SMILES string of the molecule is C=C.NC(N)=S.OCC(O)CO. The van der Waals surface area contributed by atoms with E-state index in [9.17, 15) is 0 Å². The summed E-state index contributed by atoms with van der Waals surface area (Å²) in [6.07, 6.45) is -0.954. The standard InChI is InChI=1S/C3H8O3.C2H4.CH4N2S/c4-1-3(6)2-5;1-2;2-1(3)4/h3-6H,1-2H2;1-2H2;(H4,2,3,4). The minimum absolute atomic E-state index is 0.000000000000000222. The van der Waals surface area contributed by atoms with Crippen LogP contribution < -0.4 is 11.5 Å². The lowest BCUT2D eigenvalue weighted by Gasteiger charge is -1.96. The lowest BCUT2D eigenvalue weighted by atomic mass is 10.4. The first-order valence-electron chi connectivity index (χ1n) is 2.99. The van der Waals surface area contributed by atoms with Crippen molar-refractivity contribution in [2.75, 3.05) is 13.2 Å². The van der Waals surface area contributed by atoms with Crippen molar-refractivity contribution in [3.05, 3.63) is 13.2 Å². The smallest absolute Gasteiger partial charge is 0.160 e. The van der Waals surface area contributed by atoms with Gasteiger partial charge in [-0.05, 0) is 12.2 Å². The molecule has 0 aromatic carbocycles. The van der Waals surface area contributed by atoms with Gasteiger partial charge in [-0.3, -0.25) is 0 Å². The Morgan fingerprint density at radius 1 is 1.25 bits per heavy atom. The molecule has 0 radical (unpaired) electrons. The Morgan fingerprint density at radius 3 is 1.42 bits per heavy atom. The number of aliphatic hydroxyl groups excluding tert-OH is 3. The summed E-state index contributed by atoms with van der Waals surface area (Å²) in [4.78, 5) is 0. The zero-order valence-corrected chi connectivity index (χ0v) is 7.63. The average molecular weight is 196 g/mol. The highest BCUT2D eigenvalue weighted by atomic mass is 32.1. The Labute approximate surface area is 77.3 Å². The molecule has 0 unspecified atom stereocenters. The van der Waals surface area contributed by atoms with Crippen LogP contribution in [0.5, 0.6) is 0 Å². The van der Waals surface area contributed by atoms with Gasteiger partial charge in [-0.1, -0.05) is 0 Å². The van der Waals surface area contributed by atoms with Crippen LogP contribution in [0.15, 0.2) is 13.2 Å². The molecular formula is C6H16N2O3S. The Balaban J connectivity index is -0.000000118. The molecule has 0 aromatic rings. The van der Waals surface area contributed by atoms with E-state index in [1.54, 1.807) is 0 Å². The van der Waals surface area contributed by atoms with Gasteiger partial charge in [0, 0.05) is 0 Å². The maximum absolute atomic E-state index is 8.17. The van der Waals surface area contributed by atoms with Crippen molar-refractivity contribution in [3.8, 4) is 0 Å². The minimum atomic E-state index is -0.954. The molecule has 0 amide bonds. The molecule has 0 heterocycles. The molecule has 12 heavy (non-hydrogen) atoms. The van der Waals surface area contributed by atoms with Gasteiger partial charge in [-0.25, -0.2) is 0 Å². The largest absolute Gasteiger partial charge is 0.394 e. The molecule has 0 rings (SSSR count). The third kappa shape index (κ3) is 58.7. The first-order chi connectivity index (χ1) is 5.54. The second kappa shape index (κ2) is 16.7. The monoisotopic (exact) mass is 196 g/mol. The minimum Gasteiger partial charge on any atom is -0.394 e. The Morgan fingerprint density at radius 2 is 1.42 bits per heavy atom. The van der Waals surface area contributed by atoms with Gasteiger partial charge in [-0.2, -0.15) is 0 Å². The van der Waals surface area contributed by atoms with E-state index in [1.807, 2.05) is 0 Å². The number of thiocarbonyl (C=S) groups is 1. The highest BCUT2D eigenvalue weighted by molar-refractivity contribution is 7.80. The first-order valence-corrected chi connectivity index (χ1v) is 3.40. The summed E-state index contributed by atoms with van der Waals surface area (Å²) in [6, 6.07) is 0. The zero-order chi connectivity index (χ0) is 10.6.